The fourth-order valence-electron chi connectivity index (χ4n) is 2.43. The average Bonchev–Trinajstić information content (AvgIpc) is 2.62. The Labute approximate surface area is 157 Å². The van der Waals surface area contributed by atoms with Gasteiger partial charge in [-0.1, -0.05) is 41.9 Å². The molecular weight excluding hydrogens is 383 g/mol. The van der Waals surface area contributed by atoms with Crippen LogP contribution in [0.5, 0.6) is 0 Å². The monoisotopic (exact) mass is 403 g/mol. The molecule has 0 aromatic heterocycles. The quantitative estimate of drug-likeness (QED) is 0.495. The van der Waals surface area contributed by atoms with E-state index in [-0.39, 0.29) is 18.8 Å². The standard InChI is InChI=1S/C18H21ClF2NO3P/c1-3-24-26(23,25-4-2)18(20,21)17(14-10-12-15(19)13-11-14)22-16-8-6-5-7-9-16/h5-13,17,22H,3-4H2,1-2H3/t17-/m1/s1. The van der Waals surface area contributed by atoms with Crippen molar-refractivity contribution in [3.63, 3.8) is 0 Å². The summed E-state index contributed by atoms with van der Waals surface area (Å²) >= 11 is 5.87. The first kappa shape index (κ1) is 20.8. The molecule has 1 atom stereocenters. The molecule has 0 aliphatic rings. The first-order valence-electron chi connectivity index (χ1n) is 8.18. The summed E-state index contributed by atoms with van der Waals surface area (Å²) in [5, 5.41) is 3.16. The first-order chi connectivity index (χ1) is 12.3. The van der Waals surface area contributed by atoms with Gasteiger partial charge in [0.1, 0.15) is 6.04 Å². The van der Waals surface area contributed by atoms with E-state index < -0.39 is 19.3 Å². The molecule has 0 saturated carbocycles. The Kier molecular flexibility index (Phi) is 7.18. The van der Waals surface area contributed by atoms with Crippen molar-refractivity contribution >= 4 is 24.9 Å². The van der Waals surface area contributed by atoms with Crippen LogP contribution in [-0.4, -0.2) is 18.9 Å². The second-order valence-corrected chi connectivity index (χ2v) is 7.96. The molecular formula is C18H21ClF2NO3P. The van der Waals surface area contributed by atoms with Crippen molar-refractivity contribution in [1.82, 2.24) is 0 Å². The zero-order valence-corrected chi connectivity index (χ0v) is 16.1. The number of benzene rings is 2. The Hall–Kier alpha value is -1.46. The van der Waals surface area contributed by atoms with Crippen LogP contribution in [0.4, 0.5) is 14.5 Å². The molecule has 4 nitrogen and oxygen atoms in total. The van der Waals surface area contributed by atoms with Gasteiger partial charge in [0.2, 0.25) is 0 Å². The van der Waals surface area contributed by atoms with Gasteiger partial charge >= 0.3 is 13.3 Å². The Morgan fingerprint density at radius 3 is 2.08 bits per heavy atom. The summed E-state index contributed by atoms with van der Waals surface area (Å²) in [6.07, 6.45) is 0. The highest BCUT2D eigenvalue weighted by Crippen LogP contribution is 2.66. The zero-order chi connectivity index (χ0) is 19.2. The molecule has 0 heterocycles. The largest absolute Gasteiger partial charge is 0.402 e. The summed E-state index contributed by atoms with van der Waals surface area (Å²) in [5.41, 5.74) is -3.16. The summed E-state index contributed by atoms with van der Waals surface area (Å²) in [7, 11) is -4.72. The molecule has 0 radical (unpaired) electrons. The number of alkyl halides is 2. The molecule has 8 heteroatoms. The van der Waals surface area contributed by atoms with E-state index in [4.69, 9.17) is 20.6 Å². The number of rotatable bonds is 9. The Morgan fingerprint density at radius 2 is 1.58 bits per heavy atom. The van der Waals surface area contributed by atoms with Crippen molar-refractivity contribution in [2.75, 3.05) is 18.5 Å². The van der Waals surface area contributed by atoms with Crippen molar-refractivity contribution in [2.24, 2.45) is 0 Å². The maximum Gasteiger partial charge on any atom is 0.402 e. The number of hydrogen-bond donors (Lipinski definition) is 1. The normalized spacial score (nSPS) is 13.4. The SMILES string of the molecule is CCOP(=O)(OCC)C(F)(F)[C@H](Nc1ccccc1)c1ccc(Cl)cc1. The molecule has 1 N–H and O–H groups in total. The van der Waals surface area contributed by atoms with Crippen molar-refractivity contribution < 1.29 is 22.4 Å². The second kappa shape index (κ2) is 8.96. The van der Waals surface area contributed by atoms with E-state index in [1.807, 2.05) is 0 Å². The van der Waals surface area contributed by atoms with Gasteiger partial charge in [-0.2, -0.15) is 8.78 Å². The molecule has 0 fully saturated rings. The summed E-state index contributed by atoms with van der Waals surface area (Å²) < 4.78 is 53.4. The van der Waals surface area contributed by atoms with E-state index in [2.05, 4.69) is 5.32 Å². The van der Waals surface area contributed by atoms with Crippen molar-refractivity contribution in [1.29, 1.82) is 0 Å². The van der Waals surface area contributed by atoms with E-state index in [0.717, 1.165) is 0 Å². The van der Waals surface area contributed by atoms with E-state index in [0.29, 0.717) is 10.7 Å². The Balaban J connectivity index is 2.50. The van der Waals surface area contributed by atoms with E-state index in [1.165, 1.54) is 38.1 Å². The molecule has 0 bridgehead atoms. The van der Waals surface area contributed by atoms with Crippen LogP contribution in [0, 0.1) is 0 Å². The van der Waals surface area contributed by atoms with Crippen LogP contribution >= 0.6 is 19.2 Å². The predicted octanol–water partition coefficient (Wildman–Crippen LogP) is 6.35. The number of nitrogens with one attached hydrogen (secondary N) is 1. The van der Waals surface area contributed by atoms with Gasteiger partial charge in [0, 0.05) is 10.7 Å². The van der Waals surface area contributed by atoms with Crippen LogP contribution in [0.25, 0.3) is 0 Å². The lowest BCUT2D eigenvalue weighted by Gasteiger charge is -2.33. The highest BCUT2D eigenvalue weighted by atomic mass is 35.5. The lowest BCUT2D eigenvalue weighted by atomic mass is 10.1. The van der Waals surface area contributed by atoms with Crippen LogP contribution < -0.4 is 5.32 Å². The molecule has 0 amide bonds. The minimum Gasteiger partial charge on any atom is -0.372 e. The Morgan fingerprint density at radius 1 is 1.04 bits per heavy atom. The van der Waals surface area contributed by atoms with Crippen molar-refractivity contribution in [3.05, 3.63) is 65.2 Å². The number of halogens is 3. The lowest BCUT2D eigenvalue weighted by molar-refractivity contribution is 0.0218. The summed E-state index contributed by atoms with van der Waals surface area (Å²) in [6, 6.07) is 12.8. The minimum absolute atomic E-state index is 0.161. The molecule has 0 aliphatic carbocycles. The van der Waals surface area contributed by atoms with E-state index >= 15 is 8.78 Å². The van der Waals surface area contributed by atoms with Crippen LogP contribution in [0.1, 0.15) is 25.5 Å². The molecule has 26 heavy (non-hydrogen) atoms. The van der Waals surface area contributed by atoms with Crippen molar-refractivity contribution in [3.8, 4) is 0 Å². The van der Waals surface area contributed by atoms with Gasteiger partial charge in [-0.3, -0.25) is 4.57 Å². The zero-order valence-electron chi connectivity index (χ0n) is 14.5. The van der Waals surface area contributed by atoms with Crippen molar-refractivity contribution in [2.45, 2.75) is 25.6 Å². The Bertz CT molecular complexity index is 734. The highest BCUT2D eigenvalue weighted by molar-refractivity contribution is 7.55. The summed E-state index contributed by atoms with van der Waals surface area (Å²) in [4.78, 5) is 0. The molecule has 142 valence electrons. The minimum atomic E-state index is -4.72. The highest BCUT2D eigenvalue weighted by Gasteiger charge is 2.59. The smallest absolute Gasteiger partial charge is 0.372 e. The molecule has 2 rings (SSSR count). The van der Waals surface area contributed by atoms with Crippen LogP contribution in [0.2, 0.25) is 5.02 Å². The maximum absolute atomic E-state index is 15.4. The first-order valence-corrected chi connectivity index (χ1v) is 10.1. The van der Waals surface area contributed by atoms with Gasteiger partial charge in [0.25, 0.3) is 0 Å². The predicted molar refractivity (Wildman–Crippen MR) is 100 cm³/mol. The summed E-state index contributed by atoms with van der Waals surface area (Å²) in [5.74, 6) is 0. The van der Waals surface area contributed by atoms with Gasteiger partial charge in [-0.15, -0.1) is 0 Å². The molecule has 2 aromatic carbocycles. The van der Waals surface area contributed by atoms with Gasteiger partial charge < -0.3 is 14.4 Å². The molecule has 0 spiro atoms. The van der Waals surface area contributed by atoms with E-state index in [1.54, 1.807) is 30.3 Å². The maximum atomic E-state index is 15.4. The van der Waals surface area contributed by atoms with Crippen LogP contribution in [0.15, 0.2) is 54.6 Å². The van der Waals surface area contributed by atoms with Crippen LogP contribution in [-0.2, 0) is 13.6 Å². The van der Waals surface area contributed by atoms with Gasteiger partial charge in [0.15, 0.2) is 0 Å². The second-order valence-electron chi connectivity index (χ2n) is 5.42. The van der Waals surface area contributed by atoms with Crippen LogP contribution in [0.3, 0.4) is 0 Å². The number of anilines is 1. The molecule has 2 aromatic rings. The number of hydrogen-bond acceptors (Lipinski definition) is 4. The average molecular weight is 404 g/mol. The molecule has 0 unspecified atom stereocenters. The van der Waals surface area contributed by atoms with Gasteiger partial charge in [-0.05, 0) is 43.7 Å². The molecule has 0 saturated heterocycles. The summed E-state index contributed by atoms with van der Waals surface area (Å²) in [6.45, 7) is 2.66. The van der Waals surface area contributed by atoms with Gasteiger partial charge in [0.05, 0.1) is 13.2 Å². The van der Waals surface area contributed by atoms with Gasteiger partial charge in [-0.25, -0.2) is 0 Å². The fraction of sp³-hybridized carbons (Fsp3) is 0.333. The molecule has 0 aliphatic heterocycles. The number of para-hydroxylation sites is 1. The fourth-order valence-corrected chi connectivity index (χ4v) is 4.19. The topological polar surface area (TPSA) is 47.6 Å². The van der Waals surface area contributed by atoms with E-state index in [9.17, 15) is 4.57 Å². The third kappa shape index (κ3) is 4.63. The third-order valence-electron chi connectivity index (χ3n) is 3.60. The lowest BCUT2D eigenvalue weighted by Crippen LogP contribution is -2.34. The third-order valence-corrected chi connectivity index (χ3v) is 6.04.